The van der Waals surface area contributed by atoms with Crippen LogP contribution in [-0.2, 0) is 16.1 Å². The number of ether oxygens (including phenoxy) is 1. The predicted molar refractivity (Wildman–Crippen MR) is 51.7 cm³/mol. The molecule has 4 nitrogen and oxygen atoms in total. The van der Waals surface area contributed by atoms with Crippen molar-refractivity contribution >= 4 is 17.0 Å². The number of carbonyl (C=O) groups is 1. The number of benzene rings is 1. The van der Waals surface area contributed by atoms with Crippen LogP contribution in [0, 0.1) is 11.6 Å². The highest BCUT2D eigenvalue weighted by atomic mass is 19.2. The van der Waals surface area contributed by atoms with E-state index in [2.05, 4.69) is 9.72 Å². The van der Waals surface area contributed by atoms with Crippen LogP contribution in [0.4, 0.5) is 8.78 Å². The molecular weight excluding hydrogens is 218 g/mol. The van der Waals surface area contributed by atoms with E-state index in [-0.39, 0.29) is 6.54 Å². The first-order chi connectivity index (χ1) is 7.61. The van der Waals surface area contributed by atoms with Crippen LogP contribution < -0.4 is 0 Å². The fraction of sp³-hybridized carbons (Fsp3) is 0.200. The summed E-state index contributed by atoms with van der Waals surface area (Å²) < 4.78 is 31.7. The maximum Gasteiger partial charge on any atom is 0.325 e. The van der Waals surface area contributed by atoms with Crippen molar-refractivity contribution in [3.63, 3.8) is 0 Å². The van der Waals surface area contributed by atoms with Gasteiger partial charge in [-0.15, -0.1) is 0 Å². The fourth-order valence-corrected chi connectivity index (χ4v) is 1.38. The molecule has 0 aliphatic heterocycles. The minimum absolute atomic E-state index is 0.0852. The molecular formula is C10H8F2N2O2. The summed E-state index contributed by atoms with van der Waals surface area (Å²) in [5, 5.41) is 0. The Morgan fingerprint density at radius 2 is 2.12 bits per heavy atom. The molecule has 1 heterocycles. The van der Waals surface area contributed by atoms with Crippen LogP contribution >= 0.6 is 0 Å². The van der Waals surface area contributed by atoms with Crippen molar-refractivity contribution in [2.24, 2.45) is 0 Å². The van der Waals surface area contributed by atoms with Gasteiger partial charge in [-0.25, -0.2) is 13.8 Å². The summed E-state index contributed by atoms with van der Waals surface area (Å²) in [6.45, 7) is -0.0852. The molecule has 1 aromatic carbocycles. The van der Waals surface area contributed by atoms with Gasteiger partial charge in [0.15, 0.2) is 11.6 Å². The van der Waals surface area contributed by atoms with E-state index in [4.69, 9.17) is 0 Å². The smallest absolute Gasteiger partial charge is 0.325 e. The largest absolute Gasteiger partial charge is 0.468 e. The zero-order chi connectivity index (χ0) is 11.7. The van der Waals surface area contributed by atoms with Gasteiger partial charge in [0.05, 0.1) is 24.5 Å². The first kappa shape index (κ1) is 10.5. The summed E-state index contributed by atoms with van der Waals surface area (Å²) >= 11 is 0. The van der Waals surface area contributed by atoms with E-state index in [9.17, 15) is 13.6 Å². The highest BCUT2D eigenvalue weighted by Crippen LogP contribution is 2.17. The van der Waals surface area contributed by atoms with Crippen LogP contribution in [-0.4, -0.2) is 22.6 Å². The maximum atomic E-state index is 13.0. The standard InChI is InChI=1S/C10H8F2N2O2/c1-16-10(15)4-14-5-13-8-2-6(11)7(12)3-9(8)14/h2-3,5H,4H2,1H3. The van der Waals surface area contributed by atoms with Crippen molar-refractivity contribution in [2.75, 3.05) is 7.11 Å². The minimum atomic E-state index is -0.973. The second-order valence-corrected chi connectivity index (χ2v) is 3.20. The van der Waals surface area contributed by atoms with Crippen molar-refractivity contribution in [1.29, 1.82) is 0 Å². The van der Waals surface area contributed by atoms with Gasteiger partial charge < -0.3 is 9.30 Å². The monoisotopic (exact) mass is 226 g/mol. The van der Waals surface area contributed by atoms with Crippen LogP contribution in [0.3, 0.4) is 0 Å². The normalized spacial score (nSPS) is 10.7. The highest BCUT2D eigenvalue weighted by molar-refractivity contribution is 5.78. The zero-order valence-corrected chi connectivity index (χ0v) is 8.41. The second-order valence-electron chi connectivity index (χ2n) is 3.20. The van der Waals surface area contributed by atoms with E-state index < -0.39 is 17.6 Å². The number of carbonyl (C=O) groups excluding carboxylic acids is 1. The van der Waals surface area contributed by atoms with Crippen LogP contribution in [0.25, 0.3) is 11.0 Å². The number of nitrogens with zero attached hydrogens (tertiary/aromatic N) is 2. The Kier molecular flexibility index (Phi) is 2.55. The molecule has 0 amide bonds. The summed E-state index contributed by atoms with van der Waals surface area (Å²) in [6, 6.07) is 1.99. The Morgan fingerprint density at radius 3 is 2.81 bits per heavy atom. The number of rotatable bonds is 2. The first-order valence-corrected chi connectivity index (χ1v) is 4.48. The first-order valence-electron chi connectivity index (χ1n) is 4.48. The number of hydrogen-bond acceptors (Lipinski definition) is 3. The molecule has 2 aromatic rings. The van der Waals surface area contributed by atoms with Crippen molar-refractivity contribution in [1.82, 2.24) is 9.55 Å². The molecule has 0 saturated heterocycles. The predicted octanol–water partition coefficient (Wildman–Crippen LogP) is 1.49. The number of methoxy groups -OCH3 is 1. The molecule has 6 heteroatoms. The molecule has 16 heavy (non-hydrogen) atoms. The highest BCUT2D eigenvalue weighted by Gasteiger charge is 2.11. The van der Waals surface area contributed by atoms with Crippen LogP contribution in [0.5, 0.6) is 0 Å². The average Bonchev–Trinajstić information content (AvgIpc) is 2.62. The van der Waals surface area contributed by atoms with E-state index >= 15 is 0 Å². The van der Waals surface area contributed by atoms with Gasteiger partial charge in [0.25, 0.3) is 0 Å². The van der Waals surface area contributed by atoms with Gasteiger partial charge in [0.2, 0.25) is 0 Å². The summed E-state index contributed by atoms with van der Waals surface area (Å²) in [7, 11) is 1.25. The Morgan fingerprint density at radius 1 is 1.44 bits per heavy atom. The number of imidazole rings is 1. The lowest BCUT2D eigenvalue weighted by Crippen LogP contribution is -2.10. The fourth-order valence-electron chi connectivity index (χ4n) is 1.38. The lowest BCUT2D eigenvalue weighted by atomic mass is 10.3. The zero-order valence-electron chi connectivity index (χ0n) is 8.41. The molecule has 0 N–H and O–H groups in total. The van der Waals surface area contributed by atoms with Gasteiger partial charge in [-0.3, -0.25) is 4.79 Å². The molecule has 1 aromatic heterocycles. The van der Waals surface area contributed by atoms with Crippen LogP contribution in [0.2, 0.25) is 0 Å². The Labute approximate surface area is 89.5 Å². The number of esters is 1. The molecule has 0 radical (unpaired) electrons. The molecule has 84 valence electrons. The molecule has 0 saturated carbocycles. The Balaban J connectivity index is 2.48. The summed E-state index contributed by atoms with van der Waals surface area (Å²) in [5.74, 6) is -2.42. The van der Waals surface area contributed by atoms with Gasteiger partial charge in [0, 0.05) is 12.1 Å². The van der Waals surface area contributed by atoms with E-state index in [0.717, 1.165) is 12.1 Å². The Hall–Kier alpha value is -1.98. The molecule has 0 atom stereocenters. The number of hydrogen-bond donors (Lipinski definition) is 0. The number of aromatic nitrogens is 2. The van der Waals surface area contributed by atoms with Crippen molar-refractivity contribution in [3.8, 4) is 0 Å². The van der Waals surface area contributed by atoms with Crippen molar-refractivity contribution in [2.45, 2.75) is 6.54 Å². The molecule has 0 spiro atoms. The van der Waals surface area contributed by atoms with E-state index in [0.29, 0.717) is 11.0 Å². The van der Waals surface area contributed by atoms with Gasteiger partial charge in [0.1, 0.15) is 6.54 Å². The third-order valence-corrected chi connectivity index (χ3v) is 2.19. The third-order valence-electron chi connectivity index (χ3n) is 2.19. The minimum Gasteiger partial charge on any atom is -0.468 e. The summed E-state index contributed by atoms with van der Waals surface area (Å²) in [4.78, 5) is 14.9. The molecule has 2 rings (SSSR count). The molecule has 0 aliphatic carbocycles. The third kappa shape index (κ3) is 1.73. The maximum absolute atomic E-state index is 13.0. The topological polar surface area (TPSA) is 44.1 Å². The van der Waals surface area contributed by atoms with Gasteiger partial charge in [-0.1, -0.05) is 0 Å². The Bertz CT molecular complexity index is 551. The molecule has 0 unspecified atom stereocenters. The molecule has 0 fully saturated rings. The van der Waals surface area contributed by atoms with Crippen molar-refractivity contribution < 1.29 is 18.3 Å². The van der Waals surface area contributed by atoms with Crippen LogP contribution in [0.15, 0.2) is 18.5 Å². The second kappa shape index (κ2) is 3.88. The number of fused-ring (bicyclic) bond motifs is 1. The summed E-state index contributed by atoms with van der Waals surface area (Å²) in [5.41, 5.74) is 0.645. The SMILES string of the molecule is COC(=O)Cn1cnc2cc(F)c(F)cc21. The lowest BCUT2D eigenvalue weighted by Gasteiger charge is -2.02. The van der Waals surface area contributed by atoms with Gasteiger partial charge in [-0.2, -0.15) is 0 Å². The van der Waals surface area contributed by atoms with E-state index in [1.165, 1.54) is 18.0 Å². The van der Waals surface area contributed by atoms with E-state index in [1.54, 1.807) is 0 Å². The van der Waals surface area contributed by atoms with Crippen molar-refractivity contribution in [3.05, 3.63) is 30.1 Å². The lowest BCUT2D eigenvalue weighted by molar-refractivity contribution is -0.141. The van der Waals surface area contributed by atoms with Crippen LogP contribution in [0.1, 0.15) is 0 Å². The average molecular weight is 226 g/mol. The molecule has 0 aliphatic rings. The quantitative estimate of drug-likeness (QED) is 0.728. The van der Waals surface area contributed by atoms with Gasteiger partial charge in [-0.05, 0) is 0 Å². The van der Waals surface area contributed by atoms with Gasteiger partial charge >= 0.3 is 5.97 Å². The number of halogens is 2. The summed E-state index contributed by atoms with van der Waals surface area (Å²) in [6.07, 6.45) is 1.33. The molecule has 0 bridgehead atoms. The van der Waals surface area contributed by atoms with E-state index in [1.807, 2.05) is 0 Å².